The second kappa shape index (κ2) is 13.0. The number of carboxylic acid groups (broad SMARTS) is 1. The van der Waals surface area contributed by atoms with Gasteiger partial charge in [-0.1, -0.05) is 48.6 Å². The third-order valence-electron chi connectivity index (χ3n) is 7.60. The number of likely N-dealkylation sites (tertiary alicyclic amines) is 1. The number of allylic oxidation sites excluding steroid dienone is 3. The molecule has 5 aliphatic rings. The molecule has 0 saturated carbocycles. The lowest BCUT2D eigenvalue weighted by molar-refractivity contribution is -0.935. The largest absolute Gasteiger partial charge is 0.479 e. The second-order valence-corrected chi connectivity index (χ2v) is 9.81. The van der Waals surface area contributed by atoms with Crippen LogP contribution in [0.4, 0.5) is 0 Å². The number of piperidine rings is 3. The topological polar surface area (TPSA) is 74.7 Å². The summed E-state index contributed by atoms with van der Waals surface area (Å²) in [5.41, 5.74) is 1.63. The maximum Gasteiger partial charge on any atom is 0.331 e. The Morgan fingerprint density at radius 2 is 1.74 bits per heavy atom. The number of carbonyl (C=O) groups is 3. The molecule has 1 aliphatic carbocycles. The molecule has 4 aliphatic heterocycles. The van der Waals surface area contributed by atoms with Gasteiger partial charge in [0.05, 0.1) is 19.6 Å². The zero-order valence-electron chi connectivity index (χ0n) is 20.7. The number of benzene rings is 1. The van der Waals surface area contributed by atoms with E-state index in [4.69, 9.17) is 0 Å². The lowest BCUT2D eigenvalue weighted by Crippen LogP contribution is -2.60. The fourth-order valence-electron chi connectivity index (χ4n) is 5.62. The summed E-state index contributed by atoms with van der Waals surface area (Å²) in [5, 5.41) is 9.21. The zero-order chi connectivity index (χ0) is 25.3. The zero-order valence-corrected chi connectivity index (χ0v) is 21.5. The summed E-state index contributed by atoms with van der Waals surface area (Å²) in [6.45, 7) is 5.02. The van der Waals surface area contributed by atoms with Gasteiger partial charge in [0.1, 0.15) is 6.54 Å². The van der Waals surface area contributed by atoms with Crippen LogP contribution in [0.2, 0.25) is 0 Å². The molecule has 0 aromatic heterocycles. The van der Waals surface area contributed by atoms with Crippen LogP contribution in [0, 0.1) is 5.92 Å². The van der Waals surface area contributed by atoms with Gasteiger partial charge in [-0.25, -0.2) is 4.79 Å². The van der Waals surface area contributed by atoms with Crippen LogP contribution in [0.1, 0.15) is 56.6 Å². The maximum absolute atomic E-state index is 12.3. The minimum Gasteiger partial charge on any atom is -0.479 e. The van der Waals surface area contributed by atoms with Gasteiger partial charge in [0.15, 0.2) is 6.04 Å². The van der Waals surface area contributed by atoms with Gasteiger partial charge in [0, 0.05) is 24.9 Å². The molecule has 35 heavy (non-hydrogen) atoms. The fourth-order valence-corrected chi connectivity index (χ4v) is 5.62. The summed E-state index contributed by atoms with van der Waals surface area (Å²) in [4.78, 5) is 36.5. The van der Waals surface area contributed by atoms with Crippen LogP contribution in [0.25, 0.3) is 0 Å². The molecule has 1 aromatic rings. The fraction of sp³-hybridized carbons (Fsp3) is 0.536. The summed E-state index contributed by atoms with van der Waals surface area (Å²) < 4.78 is 1.08. The molecule has 1 atom stereocenters. The molecule has 1 unspecified atom stereocenters. The molecule has 1 amide bonds. The van der Waals surface area contributed by atoms with E-state index in [2.05, 4.69) is 23.8 Å². The normalized spacial score (nSPS) is 25.5. The highest BCUT2D eigenvalue weighted by Gasteiger charge is 2.41. The number of carbonyl (C=O) groups excluding carboxylic acids is 2. The Labute approximate surface area is 213 Å². The van der Waals surface area contributed by atoms with Crippen molar-refractivity contribution in [1.82, 2.24) is 4.90 Å². The highest BCUT2D eigenvalue weighted by Crippen LogP contribution is 2.33. The van der Waals surface area contributed by atoms with Crippen molar-refractivity contribution in [1.29, 1.82) is 0 Å². The van der Waals surface area contributed by atoms with Crippen LogP contribution in [0.15, 0.2) is 54.1 Å². The van der Waals surface area contributed by atoms with E-state index in [0.29, 0.717) is 24.3 Å². The van der Waals surface area contributed by atoms with Crippen LogP contribution >= 0.6 is 11.6 Å². The number of hydrogen-bond donors (Lipinski definition) is 1. The lowest BCUT2D eigenvalue weighted by Gasteiger charge is -2.48. The van der Waals surface area contributed by atoms with Gasteiger partial charge in [-0.15, -0.1) is 11.6 Å². The number of ketones is 1. The van der Waals surface area contributed by atoms with Crippen molar-refractivity contribution >= 4 is 29.3 Å². The number of fused-ring (bicyclic) bond motifs is 3. The predicted octanol–water partition coefficient (Wildman–Crippen LogP) is 4.75. The monoisotopic (exact) mass is 501 g/mol. The van der Waals surface area contributed by atoms with E-state index in [1.54, 1.807) is 24.3 Å². The number of nitrogens with zero attached hydrogens (tertiary/aromatic N) is 2. The summed E-state index contributed by atoms with van der Waals surface area (Å²) in [6.07, 6.45) is 15.1. The molecule has 6 rings (SSSR count). The minimum atomic E-state index is -0.971. The number of alkyl halides is 1. The number of rotatable bonds is 6. The van der Waals surface area contributed by atoms with E-state index in [-0.39, 0.29) is 5.91 Å². The third kappa shape index (κ3) is 7.05. The van der Waals surface area contributed by atoms with E-state index in [9.17, 15) is 19.5 Å². The van der Waals surface area contributed by atoms with Gasteiger partial charge in [-0.3, -0.25) is 9.59 Å². The molecular weight excluding hydrogens is 464 g/mol. The van der Waals surface area contributed by atoms with Gasteiger partial charge >= 0.3 is 5.97 Å². The molecule has 190 valence electrons. The van der Waals surface area contributed by atoms with Gasteiger partial charge in [0.2, 0.25) is 11.7 Å². The molecule has 1 N–H and O–H groups in total. The van der Waals surface area contributed by atoms with Crippen LogP contribution in [0.5, 0.6) is 0 Å². The Kier molecular flexibility index (Phi) is 10.1. The number of Topliss-reactive ketones (excluding diaryl/α,β-unsaturated/α-hetero) is 1. The molecule has 0 radical (unpaired) electrons. The van der Waals surface area contributed by atoms with Gasteiger partial charge < -0.3 is 14.5 Å². The number of aliphatic carboxylic acids is 1. The van der Waals surface area contributed by atoms with E-state index >= 15 is 0 Å². The number of carboxylic acids is 1. The lowest BCUT2D eigenvalue weighted by atomic mass is 9.85. The highest BCUT2D eigenvalue weighted by molar-refractivity contribution is 6.15. The molecule has 7 heteroatoms. The average molecular weight is 502 g/mol. The Bertz CT molecular complexity index is 922. The minimum absolute atomic E-state index is 0.0729. The van der Waals surface area contributed by atoms with Crippen LogP contribution in [-0.4, -0.2) is 71.3 Å². The van der Waals surface area contributed by atoms with Crippen LogP contribution in [-0.2, 0) is 14.4 Å². The molecule has 4 saturated heterocycles. The molecule has 4 heterocycles. The third-order valence-corrected chi connectivity index (χ3v) is 7.60. The predicted molar refractivity (Wildman–Crippen MR) is 138 cm³/mol. The first-order valence-corrected chi connectivity index (χ1v) is 13.4. The molecule has 4 fully saturated rings. The van der Waals surface area contributed by atoms with Crippen LogP contribution < -0.4 is 0 Å². The van der Waals surface area contributed by atoms with Crippen molar-refractivity contribution < 1.29 is 24.0 Å². The molecule has 6 nitrogen and oxygen atoms in total. The Morgan fingerprint density at radius 3 is 2.26 bits per heavy atom. The first kappa shape index (κ1) is 27.2. The Morgan fingerprint density at radius 1 is 1.09 bits per heavy atom. The van der Waals surface area contributed by atoms with E-state index < -0.39 is 12.0 Å². The van der Waals surface area contributed by atoms with Gasteiger partial charge in [0.25, 0.3) is 0 Å². The smallest absolute Gasteiger partial charge is 0.331 e. The Hall–Kier alpha value is -2.44. The van der Waals surface area contributed by atoms with Crippen molar-refractivity contribution in [3.63, 3.8) is 0 Å². The number of hydrogen-bond acceptors (Lipinski definition) is 3. The summed E-state index contributed by atoms with van der Waals surface area (Å²) in [7, 11) is 0. The summed E-state index contributed by atoms with van der Waals surface area (Å²) in [5.74, 6) is 0.304. The first-order chi connectivity index (χ1) is 17.0. The summed E-state index contributed by atoms with van der Waals surface area (Å²) in [6, 6.07) is 8.04. The van der Waals surface area contributed by atoms with Crippen molar-refractivity contribution in [2.75, 3.05) is 39.1 Å². The SMILES string of the molecule is CCl.O=C(C[N+]12CCC(CC1)CC2)C1=CCCC=C1.O=C(O)C(c1ccccc1)N1CCCC1=O. The molecule has 1 aromatic carbocycles. The van der Waals surface area contributed by atoms with E-state index in [1.165, 1.54) is 50.2 Å². The molecule has 2 bridgehead atoms. The van der Waals surface area contributed by atoms with Crippen LogP contribution in [0.3, 0.4) is 0 Å². The average Bonchev–Trinajstić information content (AvgIpc) is 3.32. The second-order valence-electron chi connectivity index (χ2n) is 9.81. The number of halogens is 1. The van der Waals surface area contributed by atoms with Gasteiger partial charge in [-0.05, 0) is 50.0 Å². The number of amides is 1. The maximum atomic E-state index is 12.3. The van der Waals surface area contributed by atoms with E-state index in [1.807, 2.05) is 12.1 Å². The van der Waals surface area contributed by atoms with Crippen molar-refractivity contribution in [3.05, 3.63) is 59.7 Å². The quantitative estimate of drug-likeness (QED) is 0.451. The molecule has 0 spiro atoms. The van der Waals surface area contributed by atoms with Crippen molar-refractivity contribution in [2.45, 2.75) is 51.0 Å². The summed E-state index contributed by atoms with van der Waals surface area (Å²) >= 11 is 4.64. The first-order valence-electron chi connectivity index (χ1n) is 12.7. The Balaban J connectivity index is 0.000000183. The van der Waals surface area contributed by atoms with Crippen molar-refractivity contribution in [3.8, 4) is 0 Å². The standard InChI is InChI=1S/C15H22NO.C12H13NO3.CH3Cl/c17-15(14-4-2-1-3-5-14)12-16-9-6-13(7-10-16)8-11-16;14-10-7-4-8-13(10)11(12(15)16)9-5-2-1-3-6-9;1-2/h2,4-5,13H,1,3,6-12H2;1-3,5-6,11H,4,7-8H2,(H,15,16);1H3/q+1;;. The highest BCUT2D eigenvalue weighted by atomic mass is 35.5. The molecular formula is C28H38ClN2O4+. The van der Waals surface area contributed by atoms with E-state index in [0.717, 1.165) is 41.8 Å². The van der Waals surface area contributed by atoms with Gasteiger partial charge in [-0.2, -0.15) is 0 Å². The number of quaternary nitrogens is 1. The van der Waals surface area contributed by atoms with Crippen molar-refractivity contribution in [2.24, 2.45) is 5.92 Å².